The fraction of sp³-hybridized carbons (Fsp3) is 0.500. The van der Waals surface area contributed by atoms with Gasteiger partial charge in [-0.1, -0.05) is 0 Å². The maximum absolute atomic E-state index is 12.6. The van der Waals surface area contributed by atoms with Crippen molar-refractivity contribution in [2.75, 3.05) is 7.05 Å². The van der Waals surface area contributed by atoms with Gasteiger partial charge in [-0.3, -0.25) is 5.10 Å². The second-order valence-corrected chi connectivity index (χ2v) is 7.37. The fourth-order valence-corrected chi connectivity index (χ4v) is 4.48. The van der Waals surface area contributed by atoms with Gasteiger partial charge in [-0.15, -0.1) is 11.3 Å². The molecule has 1 unspecified atom stereocenters. The molecule has 1 atom stereocenters. The Morgan fingerprint density at radius 3 is 2.71 bits per heavy atom. The lowest BCUT2D eigenvalue weighted by Crippen LogP contribution is -2.28. The number of hydrogen-bond acceptors (Lipinski definition) is 6. The second-order valence-electron chi connectivity index (χ2n) is 4.82. The Morgan fingerprint density at radius 1 is 1.43 bits per heavy atom. The molecule has 0 saturated carbocycles. The van der Waals surface area contributed by atoms with Crippen molar-refractivity contribution in [3.63, 3.8) is 0 Å². The van der Waals surface area contributed by atoms with E-state index in [0.717, 1.165) is 10.7 Å². The average molecular weight is 329 g/mol. The van der Waals surface area contributed by atoms with Crippen LogP contribution in [0.25, 0.3) is 0 Å². The maximum Gasteiger partial charge on any atom is 0.244 e. The first-order chi connectivity index (χ1) is 9.85. The molecule has 9 heteroatoms. The third-order valence-electron chi connectivity index (χ3n) is 2.91. The fourth-order valence-electron chi connectivity index (χ4n) is 2.03. The summed E-state index contributed by atoms with van der Waals surface area (Å²) in [6, 6.07) is -0.384. The molecular formula is C12H19N5O2S2. The van der Waals surface area contributed by atoms with E-state index in [2.05, 4.69) is 25.2 Å². The standard InChI is InChI=1S/C12H19N5O2S2/c1-7-6-20-12(14-7)9(3)17-21(18,19)11-8(2)15-16-10(11)5-13-4/h6,9,13,17H,5H2,1-4H3,(H,15,16). The normalized spacial score (nSPS) is 13.5. The molecule has 2 heterocycles. The summed E-state index contributed by atoms with van der Waals surface area (Å²) in [6.07, 6.45) is 0. The van der Waals surface area contributed by atoms with Gasteiger partial charge in [-0.25, -0.2) is 18.1 Å². The number of rotatable bonds is 6. The molecule has 2 aromatic rings. The van der Waals surface area contributed by atoms with Crippen molar-refractivity contribution in [1.29, 1.82) is 0 Å². The number of nitrogens with zero attached hydrogens (tertiary/aromatic N) is 2. The van der Waals surface area contributed by atoms with Crippen LogP contribution < -0.4 is 10.0 Å². The van der Waals surface area contributed by atoms with Crippen molar-refractivity contribution in [3.05, 3.63) is 27.5 Å². The molecule has 0 bridgehead atoms. The van der Waals surface area contributed by atoms with Crippen molar-refractivity contribution in [2.45, 2.75) is 38.3 Å². The van der Waals surface area contributed by atoms with E-state index in [0.29, 0.717) is 17.9 Å². The van der Waals surface area contributed by atoms with E-state index < -0.39 is 10.0 Å². The van der Waals surface area contributed by atoms with Crippen molar-refractivity contribution >= 4 is 21.4 Å². The van der Waals surface area contributed by atoms with Gasteiger partial charge in [0.1, 0.15) is 9.90 Å². The number of aromatic nitrogens is 3. The van der Waals surface area contributed by atoms with Crippen LogP contribution in [-0.4, -0.2) is 30.6 Å². The zero-order chi connectivity index (χ0) is 15.6. The highest BCUT2D eigenvalue weighted by Gasteiger charge is 2.26. The number of H-pyrrole nitrogens is 1. The number of nitrogens with one attached hydrogen (secondary N) is 3. The lowest BCUT2D eigenvalue weighted by molar-refractivity contribution is 0.563. The van der Waals surface area contributed by atoms with Crippen LogP contribution in [0, 0.1) is 13.8 Å². The summed E-state index contributed by atoms with van der Waals surface area (Å²) in [6.45, 7) is 5.74. The molecule has 0 amide bonds. The van der Waals surface area contributed by atoms with Gasteiger partial charge in [0.25, 0.3) is 0 Å². The summed E-state index contributed by atoms with van der Waals surface area (Å²) in [5.74, 6) is 0. The zero-order valence-corrected chi connectivity index (χ0v) is 14.0. The lowest BCUT2D eigenvalue weighted by atomic mass is 10.4. The smallest absolute Gasteiger partial charge is 0.244 e. The van der Waals surface area contributed by atoms with Gasteiger partial charge in [0, 0.05) is 17.6 Å². The van der Waals surface area contributed by atoms with Crippen LogP contribution in [0.2, 0.25) is 0 Å². The van der Waals surface area contributed by atoms with Gasteiger partial charge in [0.15, 0.2) is 0 Å². The number of aryl methyl sites for hydroxylation is 2. The van der Waals surface area contributed by atoms with E-state index in [1.165, 1.54) is 11.3 Å². The van der Waals surface area contributed by atoms with Gasteiger partial charge >= 0.3 is 0 Å². The minimum Gasteiger partial charge on any atom is -0.314 e. The Labute approximate surface area is 128 Å². The largest absolute Gasteiger partial charge is 0.314 e. The van der Waals surface area contributed by atoms with E-state index in [1.54, 1.807) is 20.9 Å². The highest BCUT2D eigenvalue weighted by atomic mass is 32.2. The van der Waals surface area contributed by atoms with Gasteiger partial charge in [-0.05, 0) is 27.8 Å². The number of thiazole rings is 1. The third kappa shape index (κ3) is 3.49. The average Bonchev–Trinajstić information content (AvgIpc) is 2.96. The lowest BCUT2D eigenvalue weighted by Gasteiger charge is -2.12. The Kier molecular flexibility index (Phi) is 4.77. The molecule has 0 aromatic carbocycles. The van der Waals surface area contributed by atoms with E-state index in [9.17, 15) is 8.42 Å². The molecule has 2 rings (SSSR count). The van der Waals surface area contributed by atoms with Gasteiger partial charge in [-0.2, -0.15) is 5.10 Å². The Bertz CT molecular complexity index is 720. The predicted molar refractivity (Wildman–Crippen MR) is 81.7 cm³/mol. The van der Waals surface area contributed by atoms with E-state index in [1.807, 2.05) is 12.3 Å². The highest BCUT2D eigenvalue weighted by molar-refractivity contribution is 7.89. The first kappa shape index (κ1) is 16.1. The molecule has 0 fully saturated rings. The van der Waals surface area contributed by atoms with Crippen molar-refractivity contribution < 1.29 is 8.42 Å². The number of aromatic amines is 1. The van der Waals surface area contributed by atoms with Crippen LogP contribution in [0.5, 0.6) is 0 Å². The Morgan fingerprint density at radius 2 is 2.14 bits per heavy atom. The molecule has 0 aliphatic rings. The minimum atomic E-state index is -3.66. The summed E-state index contributed by atoms with van der Waals surface area (Å²) >= 11 is 1.44. The summed E-state index contributed by atoms with van der Waals surface area (Å²) in [4.78, 5) is 4.52. The first-order valence-corrected chi connectivity index (χ1v) is 8.84. The van der Waals surface area contributed by atoms with Crippen molar-refractivity contribution in [3.8, 4) is 0 Å². The molecule has 116 valence electrons. The summed E-state index contributed by atoms with van der Waals surface area (Å²) in [7, 11) is -1.91. The van der Waals surface area contributed by atoms with Crippen LogP contribution in [0.1, 0.15) is 35.1 Å². The number of hydrogen-bond donors (Lipinski definition) is 3. The Balaban J connectivity index is 2.28. The van der Waals surface area contributed by atoms with E-state index >= 15 is 0 Å². The topological polar surface area (TPSA) is 99.8 Å². The summed E-state index contributed by atoms with van der Waals surface area (Å²) in [5, 5.41) is 12.3. The zero-order valence-electron chi connectivity index (χ0n) is 12.4. The van der Waals surface area contributed by atoms with Crippen LogP contribution in [-0.2, 0) is 16.6 Å². The Hall–Kier alpha value is -1.29. The highest BCUT2D eigenvalue weighted by Crippen LogP contribution is 2.23. The molecule has 0 spiro atoms. The molecule has 3 N–H and O–H groups in total. The molecule has 0 radical (unpaired) electrons. The molecule has 0 aliphatic heterocycles. The quantitative estimate of drug-likeness (QED) is 0.740. The number of sulfonamides is 1. The second kappa shape index (κ2) is 6.22. The third-order valence-corrected chi connectivity index (χ3v) is 5.80. The maximum atomic E-state index is 12.6. The predicted octanol–water partition coefficient (Wildman–Crippen LogP) is 1.24. The molecular weight excluding hydrogens is 310 g/mol. The summed E-state index contributed by atoms with van der Waals surface area (Å²) in [5.41, 5.74) is 1.89. The van der Waals surface area contributed by atoms with Gasteiger partial charge in [0.2, 0.25) is 10.0 Å². The monoisotopic (exact) mass is 329 g/mol. The SMILES string of the molecule is CNCc1n[nH]c(C)c1S(=O)(=O)NC(C)c1nc(C)cs1. The van der Waals surface area contributed by atoms with Crippen LogP contribution in [0.4, 0.5) is 0 Å². The van der Waals surface area contributed by atoms with Crippen LogP contribution >= 0.6 is 11.3 Å². The minimum absolute atomic E-state index is 0.206. The van der Waals surface area contributed by atoms with Crippen LogP contribution in [0.15, 0.2) is 10.3 Å². The molecule has 21 heavy (non-hydrogen) atoms. The first-order valence-electron chi connectivity index (χ1n) is 6.48. The van der Waals surface area contributed by atoms with Gasteiger partial charge < -0.3 is 5.32 Å². The van der Waals surface area contributed by atoms with Gasteiger partial charge in [0.05, 0.1) is 17.4 Å². The van der Waals surface area contributed by atoms with Crippen LogP contribution in [0.3, 0.4) is 0 Å². The van der Waals surface area contributed by atoms with Crippen molar-refractivity contribution in [1.82, 2.24) is 25.2 Å². The molecule has 2 aromatic heterocycles. The van der Waals surface area contributed by atoms with Crippen molar-refractivity contribution in [2.24, 2.45) is 0 Å². The molecule has 0 aliphatic carbocycles. The summed E-state index contributed by atoms with van der Waals surface area (Å²) < 4.78 is 27.8. The molecule has 7 nitrogen and oxygen atoms in total. The molecule has 0 saturated heterocycles. The van der Waals surface area contributed by atoms with E-state index in [-0.39, 0.29) is 10.9 Å². The van der Waals surface area contributed by atoms with E-state index in [4.69, 9.17) is 0 Å².